The minimum Gasteiger partial charge on any atom is -0.289 e. The van der Waals surface area contributed by atoms with Gasteiger partial charge in [-0.15, -0.1) is 0 Å². The lowest BCUT2D eigenvalue weighted by molar-refractivity contribution is -0.384. The molecule has 0 aliphatic heterocycles. The Kier molecular flexibility index (Phi) is 4.62. The highest BCUT2D eigenvalue weighted by Gasteiger charge is 2.13. The normalized spacial score (nSPS) is 10.9. The van der Waals surface area contributed by atoms with Crippen LogP contribution in [-0.4, -0.2) is 10.7 Å². The van der Waals surface area contributed by atoms with Crippen molar-refractivity contribution in [1.29, 1.82) is 0 Å². The average Bonchev–Trinajstić information content (AvgIpc) is 2.45. The fraction of sp³-hybridized carbons (Fsp3) is 0. The topological polar surface area (TPSA) is 60.2 Å². The van der Waals surface area contributed by atoms with Crippen LogP contribution in [-0.2, 0) is 0 Å². The minimum absolute atomic E-state index is 0.0296. The molecular weight excluding hydrogens is 316 g/mol. The molecule has 0 saturated carbocycles. The standard InChI is InChI=1S/C15H8ClF2NO3/c16-12-5-1-9(7-14(12)19(21)22)2-6-15(20)11-4-3-10(17)8-13(11)18/h1-8H. The molecule has 0 aliphatic carbocycles. The van der Waals surface area contributed by atoms with Crippen molar-refractivity contribution in [2.45, 2.75) is 0 Å². The van der Waals surface area contributed by atoms with E-state index in [0.29, 0.717) is 11.6 Å². The Labute approximate surface area is 128 Å². The zero-order valence-corrected chi connectivity index (χ0v) is 11.7. The number of benzene rings is 2. The molecule has 0 atom stereocenters. The van der Waals surface area contributed by atoms with Gasteiger partial charge in [-0.3, -0.25) is 14.9 Å². The van der Waals surface area contributed by atoms with Gasteiger partial charge in [0.2, 0.25) is 0 Å². The lowest BCUT2D eigenvalue weighted by Gasteiger charge is -1.99. The summed E-state index contributed by atoms with van der Waals surface area (Å²) in [4.78, 5) is 21.9. The van der Waals surface area contributed by atoms with Crippen molar-refractivity contribution < 1.29 is 18.5 Å². The van der Waals surface area contributed by atoms with Crippen LogP contribution in [0.5, 0.6) is 0 Å². The summed E-state index contributed by atoms with van der Waals surface area (Å²) in [5.41, 5.74) is -0.239. The van der Waals surface area contributed by atoms with Crippen molar-refractivity contribution >= 4 is 29.1 Å². The van der Waals surface area contributed by atoms with Gasteiger partial charge in [0.1, 0.15) is 16.7 Å². The summed E-state index contributed by atoms with van der Waals surface area (Å²) < 4.78 is 26.2. The molecule has 0 amide bonds. The molecule has 112 valence electrons. The lowest BCUT2D eigenvalue weighted by atomic mass is 10.1. The number of rotatable bonds is 4. The highest BCUT2D eigenvalue weighted by Crippen LogP contribution is 2.25. The molecule has 0 saturated heterocycles. The van der Waals surface area contributed by atoms with Crippen LogP contribution in [0.4, 0.5) is 14.5 Å². The Hall–Kier alpha value is -2.60. The van der Waals surface area contributed by atoms with Gasteiger partial charge in [-0.25, -0.2) is 8.78 Å². The fourth-order valence-corrected chi connectivity index (χ4v) is 1.91. The van der Waals surface area contributed by atoms with Gasteiger partial charge in [-0.1, -0.05) is 23.7 Å². The number of hydrogen-bond acceptors (Lipinski definition) is 3. The maximum Gasteiger partial charge on any atom is 0.288 e. The quantitative estimate of drug-likeness (QED) is 0.362. The first kappa shape index (κ1) is 15.8. The summed E-state index contributed by atoms with van der Waals surface area (Å²) in [5, 5.41) is 10.7. The van der Waals surface area contributed by atoms with Crippen molar-refractivity contribution in [1.82, 2.24) is 0 Å². The largest absolute Gasteiger partial charge is 0.289 e. The van der Waals surface area contributed by atoms with E-state index in [-0.39, 0.29) is 16.3 Å². The van der Waals surface area contributed by atoms with Crippen LogP contribution >= 0.6 is 11.6 Å². The number of hydrogen-bond donors (Lipinski definition) is 0. The van der Waals surface area contributed by atoms with Crippen LogP contribution in [0.15, 0.2) is 42.5 Å². The summed E-state index contributed by atoms with van der Waals surface area (Å²) >= 11 is 5.67. The number of nitro groups is 1. The van der Waals surface area contributed by atoms with E-state index in [1.54, 1.807) is 0 Å². The van der Waals surface area contributed by atoms with Gasteiger partial charge in [0.25, 0.3) is 5.69 Å². The number of nitro benzene ring substituents is 1. The average molecular weight is 324 g/mol. The molecule has 4 nitrogen and oxygen atoms in total. The second-order valence-corrected chi connectivity index (χ2v) is 4.70. The van der Waals surface area contributed by atoms with Crippen LogP contribution in [0.2, 0.25) is 5.02 Å². The van der Waals surface area contributed by atoms with Gasteiger partial charge in [0, 0.05) is 12.1 Å². The summed E-state index contributed by atoms with van der Waals surface area (Å²) in [6, 6.07) is 6.59. The van der Waals surface area contributed by atoms with E-state index in [9.17, 15) is 23.7 Å². The predicted octanol–water partition coefficient (Wildman–Crippen LogP) is 4.42. The van der Waals surface area contributed by atoms with Gasteiger partial charge < -0.3 is 0 Å². The van der Waals surface area contributed by atoms with E-state index >= 15 is 0 Å². The van der Waals surface area contributed by atoms with E-state index in [1.807, 2.05) is 0 Å². The van der Waals surface area contributed by atoms with Crippen LogP contribution in [0.3, 0.4) is 0 Å². The zero-order valence-electron chi connectivity index (χ0n) is 10.9. The molecule has 22 heavy (non-hydrogen) atoms. The van der Waals surface area contributed by atoms with Gasteiger partial charge in [-0.05, 0) is 29.8 Å². The molecule has 0 bridgehead atoms. The monoisotopic (exact) mass is 323 g/mol. The van der Waals surface area contributed by atoms with E-state index in [1.165, 1.54) is 24.3 Å². The molecule has 7 heteroatoms. The number of halogens is 3. The molecule has 2 aromatic rings. The highest BCUT2D eigenvalue weighted by molar-refractivity contribution is 6.32. The number of ketones is 1. The molecule has 2 rings (SSSR count). The molecule has 0 unspecified atom stereocenters. The molecule has 2 aromatic carbocycles. The summed E-state index contributed by atoms with van der Waals surface area (Å²) in [7, 11) is 0. The van der Waals surface area contributed by atoms with Gasteiger partial charge in [0.15, 0.2) is 5.78 Å². The molecule has 0 aromatic heterocycles. The van der Waals surface area contributed by atoms with Crippen LogP contribution in [0.1, 0.15) is 15.9 Å². The Morgan fingerprint density at radius 1 is 1.18 bits per heavy atom. The molecule has 0 N–H and O–H groups in total. The minimum atomic E-state index is -0.975. The third-order valence-corrected chi connectivity index (χ3v) is 3.11. The third-order valence-electron chi connectivity index (χ3n) is 2.79. The molecule has 0 fully saturated rings. The number of carbonyl (C=O) groups is 1. The second kappa shape index (κ2) is 6.44. The van der Waals surface area contributed by atoms with E-state index in [2.05, 4.69) is 0 Å². The molecule has 0 radical (unpaired) electrons. The number of nitrogens with zero attached hydrogens (tertiary/aromatic N) is 1. The first-order valence-electron chi connectivity index (χ1n) is 6.00. The van der Waals surface area contributed by atoms with E-state index in [0.717, 1.165) is 18.2 Å². The maximum absolute atomic E-state index is 13.4. The van der Waals surface area contributed by atoms with Crippen molar-refractivity contribution in [2.75, 3.05) is 0 Å². The number of allylic oxidation sites excluding steroid dienone is 1. The second-order valence-electron chi connectivity index (χ2n) is 4.29. The van der Waals surface area contributed by atoms with E-state index < -0.39 is 22.3 Å². The lowest BCUT2D eigenvalue weighted by Crippen LogP contribution is -1.99. The van der Waals surface area contributed by atoms with Crippen LogP contribution < -0.4 is 0 Å². The summed E-state index contributed by atoms with van der Waals surface area (Å²) in [5.74, 6) is -2.45. The van der Waals surface area contributed by atoms with Crippen LogP contribution in [0, 0.1) is 21.7 Å². The van der Waals surface area contributed by atoms with Gasteiger partial charge >= 0.3 is 0 Å². The number of carbonyl (C=O) groups excluding carboxylic acids is 1. The van der Waals surface area contributed by atoms with Gasteiger partial charge in [0.05, 0.1) is 10.5 Å². The fourth-order valence-electron chi connectivity index (χ4n) is 1.72. The summed E-state index contributed by atoms with van der Waals surface area (Å²) in [6.07, 6.45) is 2.33. The highest BCUT2D eigenvalue weighted by atomic mass is 35.5. The van der Waals surface area contributed by atoms with E-state index in [4.69, 9.17) is 11.6 Å². The Morgan fingerprint density at radius 3 is 2.55 bits per heavy atom. The summed E-state index contributed by atoms with van der Waals surface area (Å²) in [6.45, 7) is 0. The van der Waals surface area contributed by atoms with Crippen molar-refractivity contribution in [3.63, 3.8) is 0 Å². The van der Waals surface area contributed by atoms with Crippen LogP contribution in [0.25, 0.3) is 6.08 Å². The SMILES string of the molecule is O=C(C=Cc1ccc(Cl)c([N+](=O)[O-])c1)c1ccc(F)cc1F. The van der Waals surface area contributed by atoms with Crippen molar-refractivity contribution in [2.24, 2.45) is 0 Å². The van der Waals surface area contributed by atoms with Crippen molar-refractivity contribution in [3.8, 4) is 0 Å². The molecule has 0 spiro atoms. The Balaban J connectivity index is 2.26. The third kappa shape index (κ3) is 3.53. The van der Waals surface area contributed by atoms with Crippen molar-refractivity contribution in [3.05, 3.63) is 80.4 Å². The zero-order chi connectivity index (χ0) is 16.3. The maximum atomic E-state index is 13.4. The van der Waals surface area contributed by atoms with Gasteiger partial charge in [-0.2, -0.15) is 0 Å². The first-order chi connectivity index (χ1) is 10.4. The Bertz CT molecular complexity index is 790. The molecular formula is C15H8ClF2NO3. The molecule has 0 heterocycles. The Morgan fingerprint density at radius 2 is 1.91 bits per heavy atom. The molecule has 0 aliphatic rings. The first-order valence-corrected chi connectivity index (χ1v) is 6.37. The smallest absolute Gasteiger partial charge is 0.288 e. The predicted molar refractivity (Wildman–Crippen MR) is 77.8 cm³/mol.